The van der Waals surface area contributed by atoms with E-state index in [2.05, 4.69) is 38.2 Å². The minimum Gasteiger partial charge on any atom is -0.493 e. The maximum Gasteiger partial charge on any atom is 0.160 e. The summed E-state index contributed by atoms with van der Waals surface area (Å²) in [6, 6.07) is 6.73. The molecule has 1 unspecified atom stereocenters. The highest BCUT2D eigenvalue weighted by atomic mass is 16.5. The van der Waals surface area contributed by atoms with Crippen LogP contribution in [0.2, 0.25) is 0 Å². The molecule has 1 aromatic rings. The number of likely N-dealkylation sites (N-methyl/N-ethyl adjacent to an activating group) is 1. The van der Waals surface area contributed by atoms with Crippen LogP contribution < -0.4 is 14.8 Å². The average molecular weight is 279 g/mol. The number of benzene rings is 1. The van der Waals surface area contributed by atoms with E-state index in [0.717, 1.165) is 24.5 Å². The van der Waals surface area contributed by atoms with E-state index in [-0.39, 0.29) is 0 Å². The molecule has 0 spiro atoms. The van der Waals surface area contributed by atoms with Gasteiger partial charge in [0.05, 0.1) is 14.2 Å². The van der Waals surface area contributed by atoms with Gasteiger partial charge in [0.15, 0.2) is 11.5 Å². The van der Waals surface area contributed by atoms with Gasteiger partial charge in [-0.15, -0.1) is 0 Å². The first kappa shape index (κ1) is 16.8. The van der Waals surface area contributed by atoms with Crippen LogP contribution >= 0.6 is 0 Å². The summed E-state index contributed by atoms with van der Waals surface area (Å²) in [6.45, 7) is 7.72. The molecule has 3 nitrogen and oxygen atoms in total. The summed E-state index contributed by atoms with van der Waals surface area (Å²) in [5, 5.41) is 3.63. The van der Waals surface area contributed by atoms with Gasteiger partial charge < -0.3 is 14.8 Å². The second kappa shape index (κ2) is 8.85. The summed E-state index contributed by atoms with van der Waals surface area (Å²) in [4.78, 5) is 0. The van der Waals surface area contributed by atoms with Gasteiger partial charge in [0.2, 0.25) is 0 Å². The SMILES string of the molecule is CCNC(Cc1ccc(OC)c(OC)c1)C(CC)CC. The first-order chi connectivity index (χ1) is 9.69. The second-order valence-corrected chi connectivity index (χ2v) is 5.13. The molecular weight excluding hydrogens is 250 g/mol. The van der Waals surface area contributed by atoms with Crippen molar-refractivity contribution in [3.05, 3.63) is 23.8 Å². The summed E-state index contributed by atoms with van der Waals surface area (Å²) in [7, 11) is 3.35. The number of methoxy groups -OCH3 is 2. The van der Waals surface area contributed by atoms with Gasteiger partial charge in [-0.3, -0.25) is 0 Å². The molecule has 0 aliphatic carbocycles. The third-order valence-electron chi connectivity index (χ3n) is 3.99. The lowest BCUT2D eigenvalue weighted by Gasteiger charge is -2.26. The molecule has 0 saturated heterocycles. The van der Waals surface area contributed by atoms with Crippen molar-refractivity contribution in [2.75, 3.05) is 20.8 Å². The van der Waals surface area contributed by atoms with Crippen molar-refractivity contribution in [3.8, 4) is 11.5 Å². The van der Waals surface area contributed by atoms with Crippen LogP contribution in [0, 0.1) is 5.92 Å². The fourth-order valence-corrected chi connectivity index (χ4v) is 2.79. The first-order valence-corrected chi connectivity index (χ1v) is 7.64. The quantitative estimate of drug-likeness (QED) is 0.748. The van der Waals surface area contributed by atoms with Gasteiger partial charge in [-0.05, 0) is 36.6 Å². The van der Waals surface area contributed by atoms with E-state index in [4.69, 9.17) is 9.47 Å². The second-order valence-electron chi connectivity index (χ2n) is 5.13. The summed E-state index contributed by atoms with van der Waals surface area (Å²) < 4.78 is 10.7. The lowest BCUT2D eigenvalue weighted by molar-refractivity contribution is 0.334. The van der Waals surface area contributed by atoms with Gasteiger partial charge in [-0.2, -0.15) is 0 Å². The Morgan fingerprint density at radius 2 is 1.65 bits per heavy atom. The Morgan fingerprint density at radius 3 is 2.15 bits per heavy atom. The van der Waals surface area contributed by atoms with Crippen LogP contribution in [-0.4, -0.2) is 26.8 Å². The Morgan fingerprint density at radius 1 is 1.00 bits per heavy atom. The Hall–Kier alpha value is -1.22. The van der Waals surface area contributed by atoms with Crippen LogP contribution in [0.1, 0.15) is 39.2 Å². The largest absolute Gasteiger partial charge is 0.493 e. The molecule has 0 aliphatic heterocycles. The minimum absolute atomic E-state index is 0.521. The van der Waals surface area contributed by atoms with Gasteiger partial charge in [0, 0.05) is 6.04 Å². The molecule has 20 heavy (non-hydrogen) atoms. The van der Waals surface area contributed by atoms with Crippen molar-refractivity contribution < 1.29 is 9.47 Å². The lowest BCUT2D eigenvalue weighted by Crippen LogP contribution is -2.37. The van der Waals surface area contributed by atoms with Gasteiger partial charge >= 0.3 is 0 Å². The van der Waals surface area contributed by atoms with Gasteiger partial charge in [0.25, 0.3) is 0 Å². The van der Waals surface area contributed by atoms with E-state index in [9.17, 15) is 0 Å². The van der Waals surface area contributed by atoms with Crippen LogP contribution in [0.25, 0.3) is 0 Å². The van der Waals surface area contributed by atoms with Crippen LogP contribution in [0.5, 0.6) is 11.5 Å². The van der Waals surface area contributed by atoms with Gasteiger partial charge in [0.1, 0.15) is 0 Å². The number of rotatable bonds is 9. The smallest absolute Gasteiger partial charge is 0.160 e. The Labute approximate surface area is 123 Å². The predicted octanol–water partition coefficient (Wildman–Crippen LogP) is 3.66. The molecule has 0 radical (unpaired) electrons. The van der Waals surface area contributed by atoms with Crippen LogP contribution in [0.15, 0.2) is 18.2 Å². The molecule has 114 valence electrons. The molecule has 0 amide bonds. The van der Waals surface area contributed by atoms with Crippen molar-refractivity contribution >= 4 is 0 Å². The fourth-order valence-electron chi connectivity index (χ4n) is 2.79. The van der Waals surface area contributed by atoms with E-state index >= 15 is 0 Å². The van der Waals surface area contributed by atoms with E-state index in [1.807, 2.05) is 6.07 Å². The highest BCUT2D eigenvalue weighted by Gasteiger charge is 2.18. The Balaban J connectivity index is 2.87. The van der Waals surface area contributed by atoms with Crippen LogP contribution in [-0.2, 0) is 6.42 Å². The van der Waals surface area contributed by atoms with Crippen molar-refractivity contribution in [1.29, 1.82) is 0 Å². The molecule has 0 fully saturated rings. The molecular formula is C17H29NO2. The predicted molar refractivity (Wildman–Crippen MR) is 84.8 cm³/mol. The zero-order valence-corrected chi connectivity index (χ0v) is 13.5. The van der Waals surface area contributed by atoms with Crippen LogP contribution in [0.4, 0.5) is 0 Å². The monoisotopic (exact) mass is 279 g/mol. The van der Waals surface area contributed by atoms with Gasteiger partial charge in [-0.1, -0.05) is 39.7 Å². The van der Waals surface area contributed by atoms with E-state index in [1.165, 1.54) is 18.4 Å². The molecule has 0 saturated carbocycles. The zero-order valence-electron chi connectivity index (χ0n) is 13.5. The molecule has 1 rings (SSSR count). The van der Waals surface area contributed by atoms with Crippen molar-refractivity contribution in [1.82, 2.24) is 5.32 Å². The summed E-state index contributed by atoms with van der Waals surface area (Å²) in [6.07, 6.45) is 3.45. The summed E-state index contributed by atoms with van der Waals surface area (Å²) in [5.74, 6) is 2.31. The van der Waals surface area contributed by atoms with E-state index in [1.54, 1.807) is 14.2 Å². The first-order valence-electron chi connectivity index (χ1n) is 7.64. The fraction of sp³-hybridized carbons (Fsp3) is 0.647. The highest BCUT2D eigenvalue weighted by Crippen LogP contribution is 2.29. The number of hydrogen-bond acceptors (Lipinski definition) is 3. The third kappa shape index (κ3) is 4.41. The minimum atomic E-state index is 0.521. The van der Waals surface area contributed by atoms with E-state index in [0.29, 0.717) is 12.0 Å². The van der Waals surface area contributed by atoms with E-state index < -0.39 is 0 Å². The third-order valence-corrected chi connectivity index (χ3v) is 3.99. The zero-order chi connectivity index (χ0) is 15.0. The normalized spacial score (nSPS) is 12.5. The number of ether oxygens (including phenoxy) is 2. The molecule has 0 aliphatic rings. The average Bonchev–Trinajstić information content (AvgIpc) is 2.48. The van der Waals surface area contributed by atoms with Crippen molar-refractivity contribution in [2.24, 2.45) is 5.92 Å². The highest BCUT2D eigenvalue weighted by molar-refractivity contribution is 5.43. The number of nitrogens with one attached hydrogen (secondary N) is 1. The molecule has 3 heteroatoms. The Bertz CT molecular complexity index is 389. The van der Waals surface area contributed by atoms with Gasteiger partial charge in [-0.25, -0.2) is 0 Å². The summed E-state index contributed by atoms with van der Waals surface area (Å²) >= 11 is 0. The molecule has 1 N–H and O–H groups in total. The molecule has 0 heterocycles. The molecule has 0 aromatic heterocycles. The maximum atomic E-state index is 5.39. The van der Waals surface area contributed by atoms with Crippen molar-refractivity contribution in [3.63, 3.8) is 0 Å². The Kier molecular flexibility index (Phi) is 7.45. The molecule has 1 atom stereocenters. The molecule has 1 aromatic carbocycles. The van der Waals surface area contributed by atoms with Crippen molar-refractivity contribution in [2.45, 2.75) is 46.1 Å². The topological polar surface area (TPSA) is 30.5 Å². The maximum absolute atomic E-state index is 5.39. The van der Waals surface area contributed by atoms with Crippen LogP contribution in [0.3, 0.4) is 0 Å². The molecule has 0 bridgehead atoms. The lowest BCUT2D eigenvalue weighted by atomic mass is 9.89. The number of hydrogen-bond donors (Lipinski definition) is 1. The summed E-state index contributed by atoms with van der Waals surface area (Å²) in [5.41, 5.74) is 1.29. The standard InChI is InChI=1S/C17H29NO2/c1-6-14(7-2)15(18-8-3)11-13-9-10-16(19-4)17(12-13)20-5/h9-10,12,14-15,18H,6-8,11H2,1-5H3.